The monoisotopic (exact) mass is 570 g/mol. The van der Waals surface area contributed by atoms with Gasteiger partial charge in [0, 0.05) is 10.9 Å². The van der Waals surface area contributed by atoms with Crippen molar-refractivity contribution in [3.05, 3.63) is 158 Å². The van der Waals surface area contributed by atoms with Crippen LogP contribution in [-0.2, 0) is 0 Å². The van der Waals surface area contributed by atoms with Gasteiger partial charge in [0.25, 0.3) is 0 Å². The molecule has 45 heavy (non-hydrogen) atoms. The molecule has 0 aliphatic carbocycles. The third-order valence-corrected chi connectivity index (χ3v) is 9.58. The van der Waals surface area contributed by atoms with Gasteiger partial charge < -0.3 is 4.74 Å². The van der Waals surface area contributed by atoms with E-state index in [0.29, 0.717) is 0 Å². The lowest BCUT2D eigenvalue weighted by atomic mass is 9.85. The van der Waals surface area contributed by atoms with Gasteiger partial charge in [-0.1, -0.05) is 127 Å². The van der Waals surface area contributed by atoms with Gasteiger partial charge in [0.15, 0.2) is 0 Å². The topological polar surface area (TPSA) is 9.23 Å². The van der Waals surface area contributed by atoms with Crippen LogP contribution in [0.1, 0.15) is 0 Å². The molecule has 0 unspecified atom stereocenters. The van der Waals surface area contributed by atoms with E-state index in [9.17, 15) is 0 Å². The van der Waals surface area contributed by atoms with E-state index in [4.69, 9.17) is 4.74 Å². The predicted molar refractivity (Wildman–Crippen MR) is 190 cm³/mol. The Kier molecular flexibility index (Phi) is 5.06. The highest BCUT2D eigenvalue weighted by Crippen LogP contribution is 2.50. The molecule has 0 atom stereocenters. The average molecular weight is 571 g/mol. The number of hydrogen-bond acceptors (Lipinski definition) is 1. The third kappa shape index (κ3) is 3.56. The lowest BCUT2D eigenvalue weighted by molar-refractivity contribution is 0.488. The maximum Gasteiger partial charge on any atom is 0.136 e. The highest BCUT2D eigenvalue weighted by atomic mass is 16.5. The molecule has 0 amide bonds. The Morgan fingerprint density at radius 1 is 0.311 bits per heavy atom. The molecular formula is C44H26O. The Bertz CT molecular complexity index is 2670. The van der Waals surface area contributed by atoms with Crippen LogP contribution in [0.5, 0.6) is 11.5 Å². The summed E-state index contributed by atoms with van der Waals surface area (Å²) in [6.45, 7) is 0. The highest BCUT2D eigenvalue weighted by molar-refractivity contribution is 6.25. The van der Waals surface area contributed by atoms with Gasteiger partial charge in [-0.3, -0.25) is 0 Å². The van der Waals surface area contributed by atoms with Gasteiger partial charge in [-0.15, -0.1) is 0 Å². The summed E-state index contributed by atoms with van der Waals surface area (Å²) in [5, 5.41) is 12.4. The van der Waals surface area contributed by atoms with Crippen molar-refractivity contribution in [2.75, 3.05) is 0 Å². The summed E-state index contributed by atoms with van der Waals surface area (Å²) in [5.74, 6) is 1.83. The fraction of sp³-hybridized carbons (Fsp3) is 0. The van der Waals surface area contributed by atoms with Crippen molar-refractivity contribution in [1.29, 1.82) is 0 Å². The Hall–Kier alpha value is -5.92. The Morgan fingerprint density at radius 2 is 0.978 bits per heavy atom. The van der Waals surface area contributed by atoms with Crippen LogP contribution in [0.15, 0.2) is 158 Å². The van der Waals surface area contributed by atoms with E-state index in [2.05, 4.69) is 158 Å². The first-order valence-electron chi connectivity index (χ1n) is 15.5. The quantitative estimate of drug-likeness (QED) is 0.148. The number of ether oxygens (including phenoxy) is 1. The van der Waals surface area contributed by atoms with Crippen molar-refractivity contribution in [2.45, 2.75) is 0 Å². The number of rotatable bonds is 2. The molecule has 1 aliphatic heterocycles. The zero-order chi connectivity index (χ0) is 29.5. The first-order chi connectivity index (χ1) is 22.3. The fourth-order valence-corrected chi connectivity index (χ4v) is 7.63. The molecule has 0 radical (unpaired) electrons. The highest BCUT2D eigenvalue weighted by Gasteiger charge is 2.23. The van der Waals surface area contributed by atoms with Crippen LogP contribution in [0.25, 0.3) is 87.2 Å². The van der Waals surface area contributed by atoms with Gasteiger partial charge in [0.1, 0.15) is 11.5 Å². The molecule has 0 fully saturated rings. The molecule has 10 rings (SSSR count). The summed E-state index contributed by atoms with van der Waals surface area (Å²) in [6, 6.07) is 57.3. The molecule has 0 saturated carbocycles. The summed E-state index contributed by atoms with van der Waals surface area (Å²) < 4.78 is 6.62. The minimum Gasteiger partial charge on any atom is -0.456 e. The van der Waals surface area contributed by atoms with Crippen molar-refractivity contribution in [3.63, 3.8) is 0 Å². The number of fused-ring (bicyclic) bond motifs is 8. The minimum absolute atomic E-state index is 0.900. The number of benzene rings is 9. The second-order valence-corrected chi connectivity index (χ2v) is 12.0. The summed E-state index contributed by atoms with van der Waals surface area (Å²) in [5.41, 5.74) is 7.30. The SMILES string of the molecule is c1ccc(-c2c3ccccc3cc3cc(-c4ccc5c(c4)-c4cccc6c4c(cc4ccccc46)O5)c4ccccc4c23)cc1. The van der Waals surface area contributed by atoms with Crippen molar-refractivity contribution in [2.24, 2.45) is 0 Å². The molecule has 1 heterocycles. The standard InChI is InChI=1S/C44H26O/c1-2-11-27(12-3-1)42-33-16-7-5-13-28(33)23-31-25-38(34-17-8-9-18-36(34)43(31)42)30-21-22-40-39(24-30)37-20-10-19-35-32-15-6-4-14-29(32)26-41(45-40)44(35)37/h1-26H. The van der Waals surface area contributed by atoms with Crippen LogP contribution >= 0.6 is 0 Å². The zero-order valence-electron chi connectivity index (χ0n) is 24.4. The lowest BCUT2D eigenvalue weighted by Crippen LogP contribution is -1.98. The van der Waals surface area contributed by atoms with E-state index in [1.165, 1.54) is 81.7 Å². The lowest BCUT2D eigenvalue weighted by Gasteiger charge is -2.23. The molecule has 208 valence electrons. The molecule has 1 nitrogen and oxygen atoms in total. The van der Waals surface area contributed by atoms with Crippen molar-refractivity contribution in [3.8, 4) is 44.9 Å². The Labute approximate surface area is 260 Å². The van der Waals surface area contributed by atoms with Crippen LogP contribution in [0, 0.1) is 0 Å². The van der Waals surface area contributed by atoms with E-state index < -0.39 is 0 Å². The maximum absolute atomic E-state index is 6.62. The van der Waals surface area contributed by atoms with Gasteiger partial charge in [-0.05, 0) is 107 Å². The molecule has 0 spiro atoms. The Balaban J connectivity index is 1.26. The zero-order valence-corrected chi connectivity index (χ0v) is 24.4. The first kappa shape index (κ1) is 24.5. The second-order valence-electron chi connectivity index (χ2n) is 12.0. The molecule has 9 aromatic rings. The van der Waals surface area contributed by atoms with E-state index >= 15 is 0 Å². The predicted octanol–water partition coefficient (Wildman–Crippen LogP) is 12.6. The molecule has 0 saturated heterocycles. The smallest absolute Gasteiger partial charge is 0.136 e. The molecule has 1 heteroatoms. The van der Waals surface area contributed by atoms with E-state index in [1.54, 1.807) is 0 Å². The largest absolute Gasteiger partial charge is 0.456 e. The maximum atomic E-state index is 6.62. The van der Waals surface area contributed by atoms with Crippen LogP contribution < -0.4 is 4.74 Å². The van der Waals surface area contributed by atoms with Crippen LogP contribution in [0.4, 0.5) is 0 Å². The summed E-state index contributed by atoms with van der Waals surface area (Å²) in [4.78, 5) is 0. The van der Waals surface area contributed by atoms with Gasteiger partial charge in [-0.25, -0.2) is 0 Å². The van der Waals surface area contributed by atoms with E-state index in [1.807, 2.05) is 0 Å². The van der Waals surface area contributed by atoms with Crippen molar-refractivity contribution < 1.29 is 4.74 Å². The minimum atomic E-state index is 0.900. The van der Waals surface area contributed by atoms with Gasteiger partial charge in [0.2, 0.25) is 0 Å². The third-order valence-electron chi connectivity index (χ3n) is 9.58. The van der Waals surface area contributed by atoms with Gasteiger partial charge >= 0.3 is 0 Å². The molecular weight excluding hydrogens is 544 g/mol. The molecule has 9 aromatic carbocycles. The summed E-state index contributed by atoms with van der Waals surface area (Å²) >= 11 is 0. The molecule has 0 N–H and O–H groups in total. The normalized spacial score (nSPS) is 12.2. The van der Waals surface area contributed by atoms with Crippen LogP contribution in [-0.4, -0.2) is 0 Å². The van der Waals surface area contributed by atoms with Gasteiger partial charge in [0.05, 0.1) is 0 Å². The molecule has 0 bridgehead atoms. The molecule has 1 aliphatic rings. The summed E-state index contributed by atoms with van der Waals surface area (Å²) in [6.07, 6.45) is 0. The Morgan fingerprint density at radius 3 is 1.82 bits per heavy atom. The summed E-state index contributed by atoms with van der Waals surface area (Å²) in [7, 11) is 0. The fourth-order valence-electron chi connectivity index (χ4n) is 7.63. The van der Waals surface area contributed by atoms with E-state index in [0.717, 1.165) is 17.1 Å². The van der Waals surface area contributed by atoms with Crippen LogP contribution in [0.3, 0.4) is 0 Å². The van der Waals surface area contributed by atoms with Gasteiger partial charge in [-0.2, -0.15) is 0 Å². The average Bonchev–Trinajstić information content (AvgIpc) is 3.10. The van der Waals surface area contributed by atoms with Crippen molar-refractivity contribution >= 4 is 53.9 Å². The molecule has 0 aromatic heterocycles. The first-order valence-corrected chi connectivity index (χ1v) is 15.5. The van der Waals surface area contributed by atoms with Crippen molar-refractivity contribution in [1.82, 2.24) is 0 Å². The second kappa shape index (κ2) is 9.29. The van der Waals surface area contributed by atoms with Crippen LogP contribution in [0.2, 0.25) is 0 Å². The number of hydrogen-bond donors (Lipinski definition) is 0. The van der Waals surface area contributed by atoms with E-state index in [-0.39, 0.29) is 0 Å².